The van der Waals surface area contributed by atoms with Gasteiger partial charge in [-0.25, -0.2) is 4.79 Å². The first kappa shape index (κ1) is 17.1. The minimum Gasteiger partial charge on any atom is -0.493 e. The summed E-state index contributed by atoms with van der Waals surface area (Å²) < 4.78 is 11.5. The Morgan fingerprint density at radius 1 is 1.24 bits per heavy atom. The molecule has 25 heavy (non-hydrogen) atoms. The van der Waals surface area contributed by atoms with E-state index in [9.17, 15) is 9.90 Å². The topological polar surface area (TPSA) is 59.0 Å². The van der Waals surface area contributed by atoms with E-state index >= 15 is 0 Å². The lowest BCUT2D eigenvalue weighted by Crippen LogP contribution is -2.38. The molecule has 3 rings (SSSR count). The number of fused-ring (bicyclic) bond motifs is 1. The van der Waals surface area contributed by atoms with Crippen LogP contribution in [0.25, 0.3) is 11.1 Å². The standard InChI is InChI=1S/C20H23NO4/c1-20(2,19(22)23)25-18-12-17-14(8-9-24-17)11-16(18)13-6-5-7-15(10-13)21(3)4/h5-7,10-12H,8-9H2,1-4H3,(H,22,23). The number of carboxylic acids is 1. The van der Waals surface area contributed by atoms with E-state index in [-0.39, 0.29) is 0 Å². The second kappa shape index (κ2) is 6.31. The molecule has 5 heteroatoms. The summed E-state index contributed by atoms with van der Waals surface area (Å²) in [4.78, 5) is 13.5. The Balaban J connectivity index is 2.11. The van der Waals surface area contributed by atoms with Crippen LogP contribution in [-0.2, 0) is 11.2 Å². The fourth-order valence-corrected chi connectivity index (χ4v) is 2.79. The van der Waals surface area contributed by atoms with Crippen molar-refractivity contribution >= 4 is 11.7 Å². The van der Waals surface area contributed by atoms with Crippen molar-refractivity contribution in [1.82, 2.24) is 0 Å². The van der Waals surface area contributed by atoms with Gasteiger partial charge in [0, 0.05) is 37.8 Å². The van der Waals surface area contributed by atoms with E-state index in [1.807, 2.05) is 49.3 Å². The van der Waals surface area contributed by atoms with Crippen LogP contribution in [-0.4, -0.2) is 37.4 Å². The number of anilines is 1. The molecule has 0 amide bonds. The summed E-state index contributed by atoms with van der Waals surface area (Å²) in [5.74, 6) is 0.273. The number of hydrogen-bond acceptors (Lipinski definition) is 4. The van der Waals surface area contributed by atoms with Crippen molar-refractivity contribution in [2.24, 2.45) is 0 Å². The Labute approximate surface area is 147 Å². The molecule has 0 radical (unpaired) electrons. The molecule has 2 aromatic carbocycles. The second-order valence-electron chi connectivity index (χ2n) is 6.92. The summed E-state index contributed by atoms with van der Waals surface area (Å²) in [6.45, 7) is 3.73. The highest BCUT2D eigenvalue weighted by molar-refractivity contribution is 5.79. The van der Waals surface area contributed by atoms with Gasteiger partial charge in [-0.15, -0.1) is 0 Å². The van der Waals surface area contributed by atoms with Crippen LogP contribution in [0.5, 0.6) is 11.5 Å². The highest BCUT2D eigenvalue weighted by atomic mass is 16.5. The molecule has 0 fully saturated rings. The van der Waals surface area contributed by atoms with Gasteiger partial charge in [0.25, 0.3) is 0 Å². The number of carbonyl (C=O) groups is 1. The van der Waals surface area contributed by atoms with Crippen LogP contribution in [0, 0.1) is 0 Å². The van der Waals surface area contributed by atoms with Crippen molar-refractivity contribution in [1.29, 1.82) is 0 Å². The molecule has 132 valence electrons. The van der Waals surface area contributed by atoms with E-state index in [0.29, 0.717) is 12.4 Å². The van der Waals surface area contributed by atoms with Crippen LogP contribution in [0.4, 0.5) is 5.69 Å². The van der Waals surface area contributed by atoms with Crippen LogP contribution >= 0.6 is 0 Å². The number of aliphatic carboxylic acids is 1. The average Bonchev–Trinajstić information content (AvgIpc) is 3.01. The first-order valence-electron chi connectivity index (χ1n) is 8.28. The SMILES string of the molecule is CN(C)c1cccc(-c2cc3c(cc2OC(C)(C)C(=O)O)OCC3)c1. The largest absolute Gasteiger partial charge is 0.493 e. The van der Waals surface area contributed by atoms with Crippen molar-refractivity contribution < 1.29 is 19.4 Å². The predicted octanol–water partition coefficient (Wildman–Crippen LogP) is 3.60. The van der Waals surface area contributed by atoms with Crippen LogP contribution in [0.1, 0.15) is 19.4 Å². The lowest BCUT2D eigenvalue weighted by Gasteiger charge is -2.24. The van der Waals surface area contributed by atoms with Crippen molar-refractivity contribution in [3.63, 3.8) is 0 Å². The molecule has 1 aliphatic rings. The molecule has 1 heterocycles. The van der Waals surface area contributed by atoms with Gasteiger partial charge in [0.15, 0.2) is 5.60 Å². The predicted molar refractivity (Wildman–Crippen MR) is 97.7 cm³/mol. The zero-order valence-electron chi connectivity index (χ0n) is 15.0. The lowest BCUT2D eigenvalue weighted by molar-refractivity contribution is -0.152. The zero-order chi connectivity index (χ0) is 18.2. The highest BCUT2D eigenvalue weighted by Gasteiger charge is 2.31. The minimum absolute atomic E-state index is 0.518. The number of hydrogen-bond donors (Lipinski definition) is 1. The summed E-state index contributed by atoms with van der Waals surface area (Å²) in [5, 5.41) is 9.41. The maximum Gasteiger partial charge on any atom is 0.347 e. The van der Waals surface area contributed by atoms with Crippen molar-refractivity contribution in [3.05, 3.63) is 42.0 Å². The molecule has 5 nitrogen and oxygen atoms in total. The molecule has 0 spiro atoms. The molecule has 2 aromatic rings. The van der Waals surface area contributed by atoms with Gasteiger partial charge in [-0.05, 0) is 43.2 Å². The van der Waals surface area contributed by atoms with Gasteiger partial charge in [-0.3, -0.25) is 0 Å². The van der Waals surface area contributed by atoms with Gasteiger partial charge < -0.3 is 19.5 Å². The third kappa shape index (κ3) is 3.40. The maximum absolute atomic E-state index is 11.5. The summed E-state index contributed by atoms with van der Waals surface area (Å²) in [7, 11) is 3.97. The monoisotopic (exact) mass is 341 g/mol. The molecule has 1 N–H and O–H groups in total. The molecule has 1 aliphatic heterocycles. The normalized spacial score (nSPS) is 13.1. The molecule has 0 aliphatic carbocycles. The highest BCUT2D eigenvalue weighted by Crippen LogP contribution is 2.40. The van der Waals surface area contributed by atoms with E-state index in [2.05, 4.69) is 6.07 Å². The Morgan fingerprint density at radius 3 is 2.68 bits per heavy atom. The van der Waals surface area contributed by atoms with E-state index < -0.39 is 11.6 Å². The van der Waals surface area contributed by atoms with Gasteiger partial charge in [-0.2, -0.15) is 0 Å². The quantitative estimate of drug-likeness (QED) is 0.900. The van der Waals surface area contributed by atoms with Crippen LogP contribution < -0.4 is 14.4 Å². The summed E-state index contributed by atoms with van der Waals surface area (Å²) in [5.41, 5.74) is 2.71. The third-order valence-electron chi connectivity index (χ3n) is 4.35. The molecule has 0 aromatic heterocycles. The van der Waals surface area contributed by atoms with E-state index in [1.54, 1.807) is 13.8 Å². The summed E-state index contributed by atoms with van der Waals surface area (Å²) in [6.07, 6.45) is 0.846. The smallest absolute Gasteiger partial charge is 0.347 e. The van der Waals surface area contributed by atoms with Crippen molar-refractivity contribution in [2.45, 2.75) is 25.9 Å². The Kier molecular flexibility index (Phi) is 4.33. The molecule has 0 saturated carbocycles. The van der Waals surface area contributed by atoms with Crippen LogP contribution in [0.2, 0.25) is 0 Å². The molecular formula is C20H23NO4. The Bertz CT molecular complexity index is 811. The number of ether oxygens (including phenoxy) is 2. The third-order valence-corrected chi connectivity index (χ3v) is 4.35. The number of carboxylic acid groups (broad SMARTS) is 1. The number of benzene rings is 2. The maximum atomic E-state index is 11.5. The molecular weight excluding hydrogens is 318 g/mol. The minimum atomic E-state index is -1.33. The Hall–Kier alpha value is -2.69. The van der Waals surface area contributed by atoms with E-state index in [4.69, 9.17) is 9.47 Å². The van der Waals surface area contributed by atoms with Crippen LogP contribution in [0.15, 0.2) is 36.4 Å². The van der Waals surface area contributed by atoms with Crippen molar-refractivity contribution in [2.75, 3.05) is 25.6 Å². The molecule has 0 saturated heterocycles. The van der Waals surface area contributed by atoms with Crippen LogP contribution in [0.3, 0.4) is 0 Å². The lowest BCUT2D eigenvalue weighted by atomic mass is 9.99. The first-order chi connectivity index (χ1) is 11.8. The van der Waals surface area contributed by atoms with Gasteiger partial charge in [-0.1, -0.05) is 12.1 Å². The van der Waals surface area contributed by atoms with Gasteiger partial charge in [0.05, 0.1) is 6.61 Å². The fraction of sp³-hybridized carbons (Fsp3) is 0.350. The van der Waals surface area contributed by atoms with Gasteiger partial charge in [0.2, 0.25) is 0 Å². The fourth-order valence-electron chi connectivity index (χ4n) is 2.79. The summed E-state index contributed by atoms with van der Waals surface area (Å²) >= 11 is 0. The van der Waals surface area contributed by atoms with E-state index in [0.717, 1.165) is 34.5 Å². The molecule has 0 unspecified atom stereocenters. The zero-order valence-corrected chi connectivity index (χ0v) is 15.0. The summed E-state index contributed by atoms with van der Waals surface area (Å²) in [6, 6.07) is 11.9. The van der Waals surface area contributed by atoms with Crippen molar-refractivity contribution in [3.8, 4) is 22.6 Å². The number of rotatable bonds is 5. The first-order valence-corrected chi connectivity index (χ1v) is 8.28. The van der Waals surface area contributed by atoms with Gasteiger partial charge in [0.1, 0.15) is 11.5 Å². The average molecular weight is 341 g/mol. The molecule has 0 atom stereocenters. The Morgan fingerprint density at radius 2 is 2.00 bits per heavy atom. The second-order valence-corrected chi connectivity index (χ2v) is 6.92. The van der Waals surface area contributed by atoms with Gasteiger partial charge >= 0.3 is 5.97 Å². The van der Waals surface area contributed by atoms with E-state index in [1.165, 1.54) is 0 Å². The number of nitrogens with zero attached hydrogens (tertiary/aromatic N) is 1. The molecule has 0 bridgehead atoms.